The van der Waals surface area contributed by atoms with Gasteiger partial charge in [-0.25, -0.2) is 9.50 Å². The van der Waals surface area contributed by atoms with Crippen LogP contribution in [-0.2, 0) is 0 Å². The molecule has 35 heavy (non-hydrogen) atoms. The van der Waals surface area contributed by atoms with Gasteiger partial charge in [0.25, 0.3) is 5.91 Å². The lowest BCUT2D eigenvalue weighted by atomic mass is 10.1. The number of amides is 1. The highest BCUT2D eigenvalue weighted by Crippen LogP contribution is 2.31. The van der Waals surface area contributed by atoms with Crippen molar-refractivity contribution in [1.82, 2.24) is 19.9 Å². The lowest BCUT2D eigenvalue weighted by molar-refractivity contribution is 0.0951. The molecule has 5 aromatic rings. The first kappa shape index (κ1) is 21.4. The third-order valence-corrected chi connectivity index (χ3v) is 6.20. The fourth-order valence-corrected chi connectivity index (χ4v) is 4.13. The van der Waals surface area contributed by atoms with E-state index in [0.717, 1.165) is 58.6 Å². The van der Waals surface area contributed by atoms with E-state index >= 15 is 0 Å². The molecule has 1 aliphatic carbocycles. The second-order valence-corrected chi connectivity index (χ2v) is 9.57. The van der Waals surface area contributed by atoms with Crippen LogP contribution in [-0.4, -0.2) is 33.1 Å². The molecule has 0 unspecified atom stereocenters. The Hall–Kier alpha value is -4.13. The SMILES string of the molecule is CC(C)CNc1cc(-c2cc3ccccc3o2)nn2c(-c3ccc(C(=O)NC4CC4)cc3)cnc12. The van der Waals surface area contributed by atoms with Crippen molar-refractivity contribution >= 4 is 28.2 Å². The summed E-state index contributed by atoms with van der Waals surface area (Å²) >= 11 is 0. The first-order valence-corrected chi connectivity index (χ1v) is 12.1. The lowest BCUT2D eigenvalue weighted by Crippen LogP contribution is -2.25. The highest BCUT2D eigenvalue weighted by molar-refractivity contribution is 5.95. The van der Waals surface area contributed by atoms with E-state index in [1.54, 1.807) is 0 Å². The zero-order valence-corrected chi connectivity index (χ0v) is 19.8. The number of para-hydroxylation sites is 1. The van der Waals surface area contributed by atoms with Crippen LogP contribution in [0.2, 0.25) is 0 Å². The van der Waals surface area contributed by atoms with Crippen LogP contribution in [0.1, 0.15) is 37.0 Å². The van der Waals surface area contributed by atoms with Crippen LogP contribution in [0.5, 0.6) is 0 Å². The fourth-order valence-electron chi connectivity index (χ4n) is 4.13. The van der Waals surface area contributed by atoms with E-state index in [2.05, 4.69) is 29.5 Å². The van der Waals surface area contributed by atoms with Crippen molar-refractivity contribution in [2.24, 2.45) is 5.92 Å². The molecular formula is C28H27N5O2. The van der Waals surface area contributed by atoms with Crippen molar-refractivity contribution in [2.45, 2.75) is 32.7 Å². The monoisotopic (exact) mass is 465 g/mol. The Labute approximate surface area is 203 Å². The number of carbonyl (C=O) groups excluding carboxylic acids is 1. The van der Waals surface area contributed by atoms with E-state index in [1.165, 1.54) is 0 Å². The van der Waals surface area contributed by atoms with Gasteiger partial charge in [0.2, 0.25) is 0 Å². The Bertz CT molecular complexity index is 1490. The van der Waals surface area contributed by atoms with E-state index in [9.17, 15) is 4.79 Å². The minimum Gasteiger partial charge on any atom is -0.454 e. The average Bonchev–Trinajstić information content (AvgIpc) is 3.40. The first-order valence-electron chi connectivity index (χ1n) is 12.1. The molecule has 0 radical (unpaired) electrons. The fraction of sp³-hybridized carbons (Fsp3) is 0.250. The molecule has 7 nitrogen and oxygen atoms in total. The maximum atomic E-state index is 12.4. The van der Waals surface area contributed by atoms with Gasteiger partial charge < -0.3 is 15.1 Å². The normalized spacial score (nSPS) is 13.6. The maximum absolute atomic E-state index is 12.4. The first-order chi connectivity index (χ1) is 17.0. The van der Waals surface area contributed by atoms with Crippen molar-refractivity contribution in [3.05, 3.63) is 72.4 Å². The maximum Gasteiger partial charge on any atom is 0.251 e. The Morgan fingerprint density at radius 3 is 2.66 bits per heavy atom. The van der Waals surface area contributed by atoms with E-state index < -0.39 is 0 Å². The number of aromatic nitrogens is 3. The Morgan fingerprint density at radius 2 is 1.91 bits per heavy atom. The molecule has 3 heterocycles. The van der Waals surface area contributed by atoms with Crippen LogP contribution in [0.3, 0.4) is 0 Å². The van der Waals surface area contributed by atoms with E-state index in [0.29, 0.717) is 23.3 Å². The molecule has 0 aliphatic heterocycles. The molecule has 1 saturated carbocycles. The van der Waals surface area contributed by atoms with Crippen LogP contribution in [0.4, 0.5) is 5.69 Å². The molecule has 176 valence electrons. The second-order valence-electron chi connectivity index (χ2n) is 9.57. The number of imidazole rings is 1. The van der Waals surface area contributed by atoms with Crippen molar-refractivity contribution < 1.29 is 9.21 Å². The van der Waals surface area contributed by atoms with Gasteiger partial charge in [0.1, 0.15) is 11.3 Å². The van der Waals surface area contributed by atoms with Gasteiger partial charge in [-0.05, 0) is 49.1 Å². The summed E-state index contributed by atoms with van der Waals surface area (Å²) in [5.41, 5.74) is 5.63. The minimum absolute atomic E-state index is 0.0253. The number of nitrogens with one attached hydrogen (secondary N) is 2. The highest BCUT2D eigenvalue weighted by Gasteiger charge is 2.24. The molecule has 0 spiro atoms. The summed E-state index contributed by atoms with van der Waals surface area (Å²) in [4.78, 5) is 17.1. The van der Waals surface area contributed by atoms with Gasteiger partial charge in [0.05, 0.1) is 17.6 Å². The molecule has 0 saturated heterocycles. The second kappa shape index (κ2) is 8.58. The quantitative estimate of drug-likeness (QED) is 0.319. The highest BCUT2D eigenvalue weighted by atomic mass is 16.3. The van der Waals surface area contributed by atoms with Gasteiger partial charge in [0, 0.05) is 29.1 Å². The zero-order chi connectivity index (χ0) is 23.9. The van der Waals surface area contributed by atoms with Gasteiger partial charge >= 0.3 is 0 Å². The number of hydrogen-bond acceptors (Lipinski definition) is 5. The number of hydrogen-bond donors (Lipinski definition) is 2. The molecule has 2 aromatic carbocycles. The third-order valence-electron chi connectivity index (χ3n) is 6.20. The summed E-state index contributed by atoms with van der Waals surface area (Å²) < 4.78 is 7.97. The van der Waals surface area contributed by atoms with Crippen LogP contribution < -0.4 is 10.6 Å². The summed E-state index contributed by atoms with van der Waals surface area (Å²) in [7, 11) is 0. The van der Waals surface area contributed by atoms with Gasteiger partial charge in [-0.2, -0.15) is 5.10 Å². The van der Waals surface area contributed by atoms with Crippen molar-refractivity contribution in [1.29, 1.82) is 0 Å². The molecule has 1 fully saturated rings. The van der Waals surface area contributed by atoms with Crippen LogP contribution in [0.25, 0.3) is 39.3 Å². The number of furan rings is 1. The van der Waals surface area contributed by atoms with Gasteiger partial charge in [0.15, 0.2) is 11.4 Å². The predicted molar refractivity (Wildman–Crippen MR) is 137 cm³/mol. The Morgan fingerprint density at radius 1 is 1.11 bits per heavy atom. The molecule has 1 amide bonds. The zero-order valence-electron chi connectivity index (χ0n) is 19.8. The smallest absolute Gasteiger partial charge is 0.251 e. The van der Waals surface area contributed by atoms with Crippen molar-refractivity contribution in [2.75, 3.05) is 11.9 Å². The van der Waals surface area contributed by atoms with Gasteiger partial charge in [-0.15, -0.1) is 0 Å². The Balaban J connectivity index is 1.42. The molecular weight excluding hydrogens is 438 g/mol. The topological polar surface area (TPSA) is 84.5 Å². The van der Waals surface area contributed by atoms with E-state index in [-0.39, 0.29) is 5.91 Å². The summed E-state index contributed by atoms with van der Waals surface area (Å²) in [6.07, 6.45) is 3.96. The molecule has 0 atom stereocenters. The van der Waals surface area contributed by atoms with Gasteiger partial charge in [-0.1, -0.05) is 44.2 Å². The molecule has 0 bridgehead atoms. The Kier molecular flexibility index (Phi) is 5.25. The van der Waals surface area contributed by atoms with Crippen LogP contribution in [0, 0.1) is 5.92 Å². The molecule has 6 rings (SSSR count). The number of nitrogens with zero attached hydrogens (tertiary/aromatic N) is 3. The number of anilines is 1. The summed E-state index contributed by atoms with van der Waals surface area (Å²) in [5.74, 6) is 1.15. The number of fused-ring (bicyclic) bond motifs is 2. The largest absolute Gasteiger partial charge is 0.454 e. The summed E-state index contributed by atoms with van der Waals surface area (Å²) in [6, 6.07) is 19.9. The van der Waals surface area contributed by atoms with Crippen LogP contribution in [0.15, 0.2) is 71.3 Å². The number of benzene rings is 2. The molecule has 3 aromatic heterocycles. The van der Waals surface area contributed by atoms with E-state index in [1.807, 2.05) is 71.4 Å². The molecule has 2 N–H and O–H groups in total. The number of rotatable bonds is 7. The molecule has 1 aliphatic rings. The minimum atomic E-state index is -0.0253. The van der Waals surface area contributed by atoms with Gasteiger partial charge in [-0.3, -0.25) is 4.79 Å². The lowest BCUT2D eigenvalue weighted by Gasteiger charge is -2.12. The standard InChI is InChI=1S/C28H27N5O2/c1-17(2)15-29-23-14-22(26-13-20-5-3-4-6-25(20)35-26)32-33-24(16-30-27(23)33)18-7-9-19(10-8-18)28(34)31-21-11-12-21/h3-10,13-14,16-17,21,29H,11-12,15H2,1-2H3,(H,31,34). The summed E-state index contributed by atoms with van der Waals surface area (Å²) in [6.45, 7) is 5.15. The van der Waals surface area contributed by atoms with Crippen molar-refractivity contribution in [3.8, 4) is 22.7 Å². The van der Waals surface area contributed by atoms with E-state index in [4.69, 9.17) is 9.52 Å². The molecule has 7 heteroatoms. The predicted octanol–water partition coefficient (Wildman–Crippen LogP) is 5.77. The van der Waals surface area contributed by atoms with Crippen molar-refractivity contribution in [3.63, 3.8) is 0 Å². The average molecular weight is 466 g/mol. The number of carbonyl (C=O) groups is 1. The summed E-state index contributed by atoms with van der Waals surface area (Å²) in [5, 5.41) is 12.5. The van der Waals surface area contributed by atoms with Crippen LogP contribution >= 0.6 is 0 Å². The third kappa shape index (κ3) is 4.25.